The van der Waals surface area contributed by atoms with E-state index in [0.717, 1.165) is 12.0 Å². The molecule has 0 amide bonds. The van der Waals surface area contributed by atoms with E-state index in [-0.39, 0.29) is 24.8 Å². The number of piperidine rings is 1. The van der Waals surface area contributed by atoms with Crippen LogP contribution in [0.25, 0.3) is 0 Å². The maximum Gasteiger partial charge on any atom is -0.000671 e. The number of likely N-dealkylation sites (tertiary alicyclic amines) is 1. The van der Waals surface area contributed by atoms with Crippen molar-refractivity contribution < 1.29 is 0 Å². The monoisotopic (exact) mass is 282 g/mol. The SMILES string of the molecule is Cl.Cl.NCCCN1CCC2(CCCCC2)CC1. The molecule has 1 spiro atoms. The van der Waals surface area contributed by atoms with Crippen LogP contribution in [0.1, 0.15) is 51.4 Å². The Hall–Kier alpha value is 0.500. The predicted molar refractivity (Wildman–Crippen MR) is 79.4 cm³/mol. The lowest BCUT2D eigenvalue weighted by Crippen LogP contribution is -2.41. The zero-order chi connectivity index (χ0) is 10.6. The van der Waals surface area contributed by atoms with Crippen LogP contribution in [0.5, 0.6) is 0 Å². The third kappa shape index (κ3) is 4.94. The molecule has 2 rings (SSSR count). The standard InChI is InChI=1S/C13H26N2.2ClH/c14-9-4-10-15-11-7-13(8-12-15)5-2-1-3-6-13;;/h1-12,14H2;2*1H. The topological polar surface area (TPSA) is 29.3 Å². The van der Waals surface area contributed by atoms with Crippen molar-refractivity contribution >= 4 is 24.8 Å². The smallest absolute Gasteiger partial charge is 0.000671 e. The minimum absolute atomic E-state index is 0. The Morgan fingerprint density at radius 2 is 1.47 bits per heavy atom. The summed E-state index contributed by atoms with van der Waals surface area (Å²) in [7, 11) is 0. The van der Waals surface area contributed by atoms with E-state index >= 15 is 0 Å². The molecule has 2 fully saturated rings. The van der Waals surface area contributed by atoms with Crippen LogP contribution in [0, 0.1) is 5.41 Å². The summed E-state index contributed by atoms with van der Waals surface area (Å²) in [4.78, 5) is 2.62. The summed E-state index contributed by atoms with van der Waals surface area (Å²) in [6.07, 6.45) is 11.6. The highest BCUT2D eigenvalue weighted by Crippen LogP contribution is 2.44. The molecule has 0 radical (unpaired) electrons. The molecule has 17 heavy (non-hydrogen) atoms. The molecule has 4 heteroatoms. The molecule has 1 saturated heterocycles. The molecule has 0 aromatic carbocycles. The highest BCUT2D eigenvalue weighted by atomic mass is 35.5. The lowest BCUT2D eigenvalue weighted by atomic mass is 9.68. The van der Waals surface area contributed by atoms with Gasteiger partial charge in [-0.2, -0.15) is 0 Å². The zero-order valence-corrected chi connectivity index (χ0v) is 12.5. The molecular weight excluding hydrogens is 255 g/mol. The first-order valence-corrected chi connectivity index (χ1v) is 6.77. The third-order valence-corrected chi connectivity index (χ3v) is 4.51. The van der Waals surface area contributed by atoms with Crippen LogP contribution in [-0.4, -0.2) is 31.1 Å². The fourth-order valence-electron chi connectivity index (χ4n) is 3.37. The van der Waals surface area contributed by atoms with Gasteiger partial charge in [-0.3, -0.25) is 0 Å². The molecule has 1 saturated carbocycles. The van der Waals surface area contributed by atoms with Crippen molar-refractivity contribution in [3.8, 4) is 0 Å². The first-order chi connectivity index (χ1) is 7.35. The molecule has 0 atom stereocenters. The molecule has 0 unspecified atom stereocenters. The number of rotatable bonds is 3. The van der Waals surface area contributed by atoms with Gasteiger partial charge in [-0.15, -0.1) is 24.8 Å². The molecule has 104 valence electrons. The van der Waals surface area contributed by atoms with Crippen molar-refractivity contribution in [1.29, 1.82) is 0 Å². The van der Waals surface area contributed by atoms with Gasteiger partial charge in [0.15, 0.2) is 0 Å². The van der Waals surface area contributed by atoms with Gasteiger partial charge in [0.25, 0.3) is 0 Å². The molecular formula is C13H28Cl2N2. The van der Waals surface area contributed by atoms with Crippen LogP contribution < -0.4 is 5.73 Å². The molecule has 2 aliphatic rings. The Balaban J connectivity index is 0.00000128. The minimum Gasteiger partial charge on any atom is -0.330 e. The summed E-state index contributed by atoms with van der Waals surface area (Å²) in [6.45, 7) is 4.74. The van der Waals surface area contributed by atoms with Crippen LogP contribution in [0.2, 0.25) is 0 Å². The second-order valence-corrected chi connectivity index (χ2v) is 5.54. The molecule has 1 heterocycles. The predicted octanol–water partition coefficient (Wildman–Crippen LogP) is 3.23. The molecule has 0 aromatic rings. The Bertz CT molecular complexity index is 184. The van der Waals surface area contributed by atoms with E-state index in [2.05, 4.69) is 4.90 Å². The summed E-state index contributed by atoms with van der Waals surface area (Å²) in [6, 6.07) is 0. The van der Waals surface area contributed by atoms with Gasteiger partial charge in [-0.05, 0) is 63.7 Å². The van der Waals surface area contributed by atoms with E-state index in [9.17, 15) is 0 Å². The van der Waals surface area contributed by atoms with Crippen molar-refractivity contribution in [2.24, 2.45) is 11.1 Å². The number of hydrogen-bond acceptors (Lipinski definition) is 2. The van der Waals surface area contributed by atoms with Crippen molar-refractivity contribution in [3.05, 3.63) is 0 Å². The zero-order valence-electron chi connectivity index (χ0n) is 10.8. The lowest BCUT2D eigenvalue weighted by Gasteiger charge is -2.44. The normalized spacial score (nSPS) is 23.8. The van der Waals surface area contributed by atoms with Gasteiger partial charge in [0, 0.05) is 0 Å². The number of hydrogen-bond donors (Lipinski definition) is 1. The highest BCUT2D eigenvalue weighted by molar-refractivity contribution is 5.85. The van der Waals surface area contributed by atoms with Gasteiger partial charge < -0.3 is 10.6 Å². The molecule has 1 aliphatic carbocycles. The largest absolute Gasteiger partial charge is 0.330 e. The van der Waals surface area contributed by atoms with E-state index < -0.39 is 0 Å². The van der Waals surface area contributed by atoms with Crippen molar-refractivity contribution in [2.45, 2.75) is 51.4 Å². The summed E-state index contributed by atoms with van der Waals surface area (Å²) < 4.78 is 0. The maximum atomic E-state index is 5.56. The molecule has 0 aromatic heterocycles. The second kappa shape index (κ2) is 8.58. The van der Waals surface area contributed by atoms with Gasteiger partial charge in [-0.1, -0.05) is 19.3 Å². The van der Waals surface area contributed by atoms with Crippen LogP contribution in [-0.2, 0) is 0 Å². The van der Waals surface area contributed by atoms with Crippen LogP contribution in [0.3, 0.4) is 0 Å². The third-order valence-electron chi connectivity index (χ3n) is 4.51. The van der Waals surface area contributed by atoms with E-state index in [0.29, 0.717) is 0 Å². The van der Waals surface area contributed by atoms with Gasteiger partial charge in [0.1, 0.15) is 0 Å². The average molecular weight is 283 g/mol. The Morgan fingerprint density at radius 3 is 2.00 bits per heavy atom. The summed E-state index contributed by atoms with van der Waals surface area (Å²) in [5, 5.41) is 0. The van der Waals surface area contributed by atoms with Crippen molar-refractivity contribution in [1.82, 2.24) is 4.90 Å². The number of nitrogens with zero attached hydrogens (tertiary/aromatic N) is 1. The first-order valence-electron chi connectivity index (χ1n) is 6.77. The van der Waals surface area contributed by atoms with Gasteiger partial charge >= 0.3 is 0 Å². The minimum atomic E-state index is 0. The molecule has 0 bridgehead atoms. The van der Waals surface area contributed by atoms with Crippen molar-refractivity contribution in [3.63, 3.8) is 0 Å². The Kier molecular flexibility index (Phi) is 8.83. The second-order valence-electron chi connectivity index (χ2n) is 5.54. The summed E-state index contributed by atoms with van der Waals surface area (Å²) in [5.41, 5.74) is 6.32. The lowest BCUT2D eigenvalue weighted by molar-refractivity contribution is 0.0676. The summed E-state index contributed by atoms with van der Waals surface area (Å²) >= 11 is 0. The fraction of sp³-hybridized carbons (Fsp3) is 1.00. The van der Waals surface area contributed by atoms with E-state index in [4.69, 9.17) is 5.73 Å². The van der Waals surface area contributed by atoms with Crippen LogP contribution in [0.4, 0.5) is 0 Å². The van der Waals surface area contributed by atoms with Crippen LogP contribution >= 0.6 is 24.8 Å². The number of halogens is 2. The fourth-order valence-corrected chi connectivity index (χ4v) is 3.37. The Morgan fingerprint density at radius 1 is 0.882 bits per heavy atom. The molecule has 1 aliphatic heterocycles. The van der Waals surface area contributed by atoms with E-state index in [1.54, 1.807) is 0 Å². The van der Waals surface area contributed by atoms with E-state index in [1.165, 1.54) is 71.0 Å². The average Bonchev–Trinajstić information content (AvgIpc) is 2.30. The maximum absolute atomic E-state index is 5.56. The van der Waals surface area contributed by atoms with E-state index in [1.807, 2.05) is 0 Å². The number of nitrogens with two attached hydrogens (primary N) is 1. The van der Waals surface area contributed by atoms with Crippen molar-refractivity contribution in [2.75, 3.05) is 26.2 Å². The van der Waals surface area contributed by atoms with Gasteiger partial charge in [0.2, 0.25) is 0 Å². The molecule has 2 nitrogen and oxygen atoms in total. The van der Waals surface area contributed by atoms with Crippen LogP contribution in [0.15, 0.2) is 0 Å². The quantitative estimate of drug-likeness (QED) is 0.861. The highest BCUT2D eigenvalue weighted by Gasteiger charge is 2.34. The van der Waals surface area contributed by atoms with Gasteiger partial charge in [-0.25, -0.2) is 0 Å². The summed E-state index contributed by atoms with van der Waals surface area (Å²) in [5.74, 6) is 0. The van der Waals surface area contributed by atoms with Gasteiger partial charge in [0.05, 0.1) is 0 Å². The Labute approximate surface area is 119 Å². The molecule has 2 N–H and O–H groups in total. The first kappa shape index (κ1) is 17.5.